The summed E-state index contributed by atoms with van der Waals surface area (Å²) in [6, 6.07) is 4.16. The summed E-state index contributed by atoms with van der Waals surface area (Å²) in [6.45, 7) is 4.47. The van der Waals surface area contributed by atoms with E-state index in [2.05, 4.69) is 31.0 Å². The molecule has 15 heavy (non-hydrogen) atoms. The molecule has 0 spiro atoms. The van der Waals surface area contributed by atoms with Crippen molar-refractivity contribution in [3.05, 3.63) is 53.5 Å². The lowest BCUT2D eigenvalue weighted by Crippen LogP contribution is -2.15. The van der Waals surface area contributed by atoms with Crippen LogP contribution in [0.2, 0.25) is 0 Å². The first-order chi connectivity index (χ1) is 7.16. The molecule has 0 unspecified atom stereocenters. The summed E-state index contributed by atoms with van der Waals surface area (Å²) >= 11 is 0. The number of hydrogen-bond acceptors (Lipinski definition) is 2. The second kappa shape index (κ2) is 3.54. The second-order valence-corrected chi connectivity index (χ2v) is 4.38. The van der Waals surface area contributed by atoms with Gasteiger partial charge in [0.25, 0.3) is 0 Å². The van der Waals surface area contributed by atoms with Crippen LogP contribution in [0.3, 0.4) is 0 Å². The molecule has 2 rings (SSSR count). The second-order valence-electron chi connectivity index (χ2n) is 4.38. The van der Waals surface area contributed by atoms with Crippen molar-refractivity contribution in [3.8, 4) is 0 Å². The third-order valence-electron chi connectivity index (χ3n) is 3.13. The first kappa shape index (κ1) is 9.97. The number of pyridine rings is 1. The Bertz CT molecular complexity index is 428. The van der Waals surface area contributed by atoms with Gasteiger partial charge in [-0.3, -0.25) is 4.98 Å². The first-order valence-electron chi connectivity index (χ1n) is 5.18. The summed E-state index contributed by atoms with van der Waals surface area (Å²) in [5, 5.41) is 0. The van der Waals surface area contributed by atoms with Crippen molar-refractivity contribution < 1.29 is 0 Å². The maximum atomic E-state index is 5.36. The van der Waals surface area contributed by atoms with Crippen LogP contribution in [0.25, 0.3) is 0 Å². The van der Waals surface area contributed by atoms with Gasteiger partial charge >= 0.3 is 0 Å². The van der Waals surface area contributed by atoms with Crippen LogP contribution in [-0.2, 0) is 11.8 Å². The largest absolute Gasteiger partial charge is 0.405 e. The fraction of sp³-hybridized carbons (Fsp3) is 0.308. The number of allylic oxidation sites excluding steroid dienone is 3. The topological polar surface area (TPSA) is 38.9 Å². The summed E-state index contributed by atoms with van der Waals surface area (Å²) in [7, 11) is 0. The van der Waals surface area contributed by atoms with E-state index in [1.165, 1.54) is 16.8 Å². The highest BCUT2D eigenvalue weighted by Gasteiger charge is 2.34. The van der Waals surface area contributed by atoms with E-state index in [1.807, 2.05) is 18.3 Å². The third kappa shape index (κ3) is 1.56. The van der Waals surface area contributed by atoms with E-state index in [-0.39, 0.29) is 5.41 Å². The number of fused-ring (bicyclic) bond motifs is 1. The molecule has 0 saturated heterocycles. The Morgan fingerprint density at radius 1 is 1.47 bits per heavy atom. The molecule has 0 atom stereocenters. The lowest BCUT2D eigenvalue weighted by Gasteiger charge is -2.21. The Labute approximate surface area is 90.5 Å². The van der Waals surface area contributed by atoms with Gasteiger partial charge in [-0.05, 0) is 23.9 Å². The molecule has 0 aromatic carbocycles. The molecule has 0 amide bonds. The van der Waals surface area contributed by atoms with Crippen molar-refractivity contribution in [2.75, 3.05) is 0 Å². The van der Waals surface area contributed by atoms with Crippen molar-refractivity contribution in [1.29, 1.82) is 0 Å². The lowest BCUT2D eigenvalue weighted by molar-refractivity contribution is 0.644. The van der Waals surface area contributed by atoms with Gasteiger partial charge in [0, 0.05) is 23.7 Å². The fourth-order valence-electron chi connectivity index (χ4n) is 2.16. The Morgan fingerprint density at radius 2 is 2.27 bits per heavy atom. The number of nitrogens with two attached hydrogens (primary N) is 1. The van der Waals surface area contributed by atoms with Gasteiger partial charge in [0.2, 0.25) is 0 Å². The molecule has 1 aromatic rings. The van der Waals surface area contributed by atoms with Crippen LogP contribution in [0, 0.1) is 0 Å². The molecule has 1 aliphatic carbocycles. The van der Waals surface area contributed by atoms with Crippen molar-refractivity contribution in [2.45, 2.75) is 25.7 Å². The lowest BCUT2D eigenvalue weighted by atomic mass is 9.83. The third-order valence-corrected chi connectivity index (χ3v) is 3.13. The van der Waals surface area contributed by atoms with Crippen LogP contribution in [0.4, 0.5) is 0 Å². The zero-order chi connectivity index (χ0) is 10.9. The van der Waals surface area contributed by atoms with Crippen molar-refractivity contribution in [1.82, 2.24) is 4.98 Å². The van der Waals surface area contributed by atoms with Crippen LogP contribution < -0.4 is 5.73 Å². The van der Waals surface area contributed by atoms with E-state index in [4.69, 9.17) is 5.73 Å². The predicted octanol–water partition coefficient (Wildman–Crippen LogP) is 2.31. The van der Waals surface area contributed by atoms with Crippen LogP contribution in [0.15, 0.2) is 42.3 Å². The zero-order valence-corrected chi connectivity index (χ0v) is 9.20. The van der Waals surface area contributed by atoms with E-state index in [9.17, 15) is 0 Å². The Morgan fingerprint density at radius 3 is 2.93 bits per heavy atom. The number of aromatic nitrogens is 1. The minimum Gasteiger partial charge on any atom is -0.405 e. The average molecular weight is 200 g/mol. The highest BCUT2D eigenvalue weighted by Crippen LogP contribution is 2.41. The summed E-state index contributed by atoms with van der Waals surface area (Å²) in [5.41, 5.74) is 9.35. The molecule has 1 heterocycles. The molecule has 78 valence electrons. The van der Waals surface area contributed by atoms with Crippen LogP contribution in [-0.4, -0.2) is 4.98 Å². The van der Waals surface area contributed by atoms with Crippen LogP contribution in [0.1, 0.15) is 25.1 Å². The summed E-state index contributed by atoms with van der Waals surface area (Å²) < 4.78 is 0. The first-order valence-corrected chi connectivity index (χ1v) is 5.18. The highest BCUT2D eigenvalue weighted by molar-refractivity contribution is 5.47. The maximum Gasteiger partial charge on any atom is 0.0485 e. The molecule has 2 N–H and O–H groups in total. The molecule has 2 nitrogen and oxygen atoms in total. The molecule has 0 fully saturated rings. The Kier molecular flexibility index (Phi) is 2.35. The van der Waals surface area contributed by atoms with Gasteiger partial charge in [-0.1, -0.05) is 31.6 Å². The van der Waals surface area contributed by atoms with E-state index in [0.717, 1.165) is 6.42 Å². The summed E-state index contributed by atoms with van der Waals surface area (Å²) in [4.78, 5) is 4.42. The highest BCUT2D eigenvalue weighted by atomic mass is 14.7. The van der Waals surface area contributed by atoms with Crippen molar-refractivity contribution in [2.24, 2.45) is 5.73 Å². The SMILES string of the molecule is CC1(C)/C(=C/C=C\N)Cc2ncccc21. The van der Waals surface area contributed by atoms with E-state index in [0.29, 0.717) is 0 Å². The molecule has 2 heteroatoms. The van der Waals surface area contributed by atoms with E-state index in [1.54, 1.807) is 6.20 Å². The molecular weight excluding hydrogens is 184 g/mol. The normalized spacial score (nSPS) is 21.1. The van der Waals surface area contributed by atoms with Gasteiger partial charge in [-0.15, -0.1) is 0 Å². The van der Waals surface area contributed by atoms with Gasteiger partial charge in [0.05, 0.1) is 0 Å². The smallest absolute Gasteiger partial charge is 0.0485 e. The molecule has 1 aromatic heterocycles. The van der Waals surface area contributed by atoms with Gasteiger partial charge in [-0.25, -0.2) is 0 Å². The Hall–Kier alpha value is -1.57. The Balaban J connectivity index is 2.47. The minimum absolute atomic E-state index is 0.0864. The standard InChI is InChI=1S/C13H16N2/c1-13(2)10(5-3-7-14)9-12-11(13)6-4-8-15-12/h3-8H,9,14H2,1-2H3/b7-3-,10-5+. The summed E-state index contributed by atoms with van der Waals surface area (Å²) in [6.07, 6.45) is 8.36. The molecule has 0 bridgehead atoms. The van der Waals surface area contributed by atoms with Gasteiger partial charge < -0.3 is 5.73 Å². The molecule has 0 radical (unpaired) electrons. The van der Waals surface area contributed by atoms with Crippen molar-refractivity contribution in [3.63, 3.8) is 0 Å². The number of hydrogen-bond donors (Lipinski definition) is 1. The average Bonchev–Trinajstić information content (AvgIpc) is 2.48. The number of rotatable bonds is 1. The van der Waals surface area contributed by atoms with E-state index < -0.39 is 0 Å². The van der Waals surface area contributed by atoms with Crippen molar-refractivity contribution >= 4 is 0 Å². The zero-order valence-electron chi connectivity index (χ0n) is 9.20. The van der Waals surface area contributed by atoms with Gasteiger partial charge in [0.1, 0.15) is 0 Å². The predicted molar refractivity (Wildman–Crippen MR) is 62.4 cm³/mol. The minimum atomic E-state index is 0.0864. The van der Waals surface area contributed by atoms with Crippen LogP contribution in [0.5, 0.6) is 0 Å². The number of nitrogens with zero attached hydrogens (tertiary/aromatic N) is 1. The van der Waals surface area contributed by atoms with Gasteiger partial charge in [-0.2, -0.15) is 0 Å². The molecular formula is C13H16N2. The monoisotopic (exact) mass is 200 g/mol. The fourth-order valence-corrected chi connectivity index (χ4v) is 2.16. The molecule has 0 aliphatic heterocycles. The quantitative estimate of drug-likeness (QED) is 0.755. The molecule has 0 saturated carbocycles. The summed E-state index contributed by atoms with van der Waals surface area (Å²) in [5.74, 6) is 0. The van der Waals surface area contributed by atoms with E-state index >= 15 is 0 Å². The van der Waals surface area contributed by atoms with Crippen LogP contribution >= 0.6 is 0 Å². The van der Waals surface area contributed by atoms with Gasteiger partial charge in [0.15, 0.2) is 0 Å². The maximum absolute atomic E-state index is 5.36. The molecule has 1 aliphatic rings.